The molecule has 6 heteroatoms. The molecule has 110 valence electrons. The Balaban J connectivity index is 1.93. The number of aromatic nitrogens is 2. The second-order valence-corrected chi connectivity index (χ2v) is 4.42. The molecule has 0 amide bonds. The third-order valence-corrected chi connectivity index (χ3v) is 2.69. The van der Waals surface area contributed by atoms with E-state index in [2.05, 4.69) is 15.3 Å². The van der Waals surface area contributed by atoms with Crippen molar-refractivity contribution < 1.29 is 14.6 Å². The number of carboxylic acids is 1. The predicted octanol–water partition coefficient (Wildman–Crippen LogP) is 2.58. The molecule has 0 aliphatic rings. The van der Waals surface area contributed by atoms with Crippen LogP contribution in [-0.4, -0.2) is 27.7 Å². The van der Waals surface area contributed by atoms with Crippen LogP contribution < -0.4 is 10.1 Å². The van der Waals surface area contributed by atoms with Crippen LogP contribution in [0.5, 0.6) is 5.88 Å². The van der Waals surface area contributed by atoms with Gasteiger partial charge in [-0.15, -0.1) is 0 Å². The molecule has 2 heterocycles. The maximum absolute atomic E-state index is 10.8. The lowest BCUT2D eigenvalue weighted by Gasteiger charge is -2.07. The molecule has 2 N–H and O–H groups in total. The first-order chi connectivity index (χ1) is 10.2. The molecule has 0 spiro atoms. The SMILES string of the molecule is CCCOc1ccc(CNc2cccc(C(=O)O)n2)cn1. The average molecular weight is 287 g/mol. The minimum absolute atomic E-state index is 0.0152. The molecule has 0 saturated heterocycles. The van der Waals surface area contributed by atoms with E-state index in [9.17, 15) is 4.79 Å². The molecule has 2 rings (SSSR count). The Labute approximate surface area is 122 Å². The Kier molecular flexibility index (Phi) is 5.09. The van der Waals surface area contributed by atoms with Gasteiger partial charge in [-0.05, 0) is 24.1 Å². The van der Waals surface area contributed by atoms with Crippen molar-refractivity contribution in [3.8, 4) is 5.88 Å². The lowest BCUT2D eigenvalue weighted by molar-refractivity contribution is 0.0690. The van der Waals surface area contributed by atoms with E-state index in [1.165, 1.54) is 6.07 Å². The van der Waals surface area contributed by atoms with Crippen molar-refractivity contribution in [1.29, 1.82) is 0 Å². The fourth-order valence-corrected chi connectivity index (χ4v) is 1.65. The summed E-state index contributed by atoms with van der Waals surface area (Å²) in [6, 6.07) is 8.55. The van der Waals surface area contributed by atoms with Crippen LogP contribution in [0.15, 0.2) is 36.5 Å². The van der Waals surface area contributed by atoms with Crippen molar-refractivity contribution in [3.05, 3.63) is 47.8 Å². The number of pyridine rings is 2. The fraction of sp³-hybridized carbons (Fsp3) is 0.267. The monoisotopic (exact) mass is 287 g/mol. The van der Waals surface area contributed by atoms with Gasteiger partial charge in [-0.2, -0.15) is 0 Å². The molecule has 0 atom stereocenters. The van der Waals surface area contributed by atoms with Crippen LogP contribution in [0.3, 0.4) is 0 Å². The van der Waals surface area contributed by atoms with Crippen LogP contribution in [0.25, 0.3) is 0 Å². The summed E-state index contributed by atoms with van der Waals surface area (Å²) in [5.41, 5.74) is 0.975. The lowest BCUT2D eigenvalue weighted by Crippen LogP contribution is -2.06. The maximum Gasteiger partial charge on any atom is 0.354 e. The highest BCUT2D eigenvalue weighted by atomic mass is 16.5. The number of aromatic carboxylic acids is 1. The Morgan fingerprint density at radius 2 is 2.19 bits per heavy atom. The highest BCUT2D eigenvalue weighted by Crippen LogP contribution is 2.10. The molecule has 2 aromatic rings. The molecule has 0 aromatic carbocycles. The summed E-state index contributed by atoms with van der Waals surface area (Å²) in [6.07, 6.45) is 2.66. The molecule has 6 nitrogen and oxygen atoms in total. The zero-order valence-electron chi connectivity index (χ0n) is 11.7. The number of ether oxygens (including phenoxy) is 1. The second kappa shape index (κ2) is 7.23. The molecular formula is C15H17N3O3. The number of carboxylic acid groups (broad SMARTS) is 1. The van der Waals surface area contributed by atoms with Gasteiger partial charge in [-0.25, -0.2) is 14.8 Å². The third kappa shape index (κ3) is 4.45. The van der Waals surface area contributed by atoms with Gasteiger partial charge in [-0.3, -0.25) is 0 Å². The topological polar surface area (TPSA) is 84.3 Å². The van der Waals surface area contributed by atoms with Crippen molar-refractivity contribution in [1.82, 2.24) is 9.97 Å². The molecular weight excluding hydrogens is 270 g/mol. The van der Waals surface area contributed by atoms with Gasteiger partial charge >= 0.3 is 5.97 Å². The van der Waals surface area contributed by atoms with Crippen LogP contribution in [0.4, 0.5) is 5.82 Å². The van der Waals surface area contributed by atoms with Crippen LogP contribution >= 0.6 is 0 Å². The largest absolute Gasteiger partial charge is 0.478 e. The summed E-state index contributed by atoms with van der Waals surface area (Å²) in [7, 11) is 0. The summed E-state index contributed by atoms with van der Waals surface area (Å²) in [5.74, 6) is 0.0746. The summed E-state index contributed by atoms with van der Waals surface area (Å²) >= 11 is 0. The van der Waals surface area contributed by atoms with Gasteiger partial charge < -0.3 is 15.2 Å². The molecule has 0 radical (unpaired) electrons. The van der Waals surface area contributed by atoms with Gasteiger partial charge in [0.25, 0.3) is 0 Å². The van der Waals surface area contributed by atoms with Gasteiger partial charge in [0.1, 0.15) is 5.82 Å². The predicted molar refractivity (Wildman–Crippen MR) is 78.5 cm³/mol. The van der Waals surface area contributed by atoms with E-state index in [-0.39, 0.29) is 5.69 Å². The quantitative estimate of drug-likeness (QED) is 0.814. The third-order valence-electron chi connectivity index (χ3n) is 2.69. The van der Waals surface area contributed by atoms with Gasteiger partial charge in [0.15, 0.2) is 5.69 Å². The number of carbonyl (C=O) groups is 1. The van der Waals surface area contributed by atoms with Gasteiger partial charge in [0.05, 0.1) is 6.61 Å². The van der Waals surface area contributed by atoms with Crippen molar-refractivity contribution in [3.63, 3.8) is 0 Å². The number of hydrogen-bond acceptors (Lipinski definition) is 5. The van der Waals surface area contributed by atoms with Crippen molar-refractivity contribution in [2.24, 2.45) is 0 Å². The van der Waals surface area contributed by atoms with Crippen molar-refractivity contribution in [2.75, 3.05) is 11.9 Å². The Morgan fingerprint density at radius 1 is 1.33 bits per heavy atom. The highest BCUT2D eigenvalue weighted by Gasteiger charge is 2.05. The summed E-state index contributed by atoms with van der Waals surface area (Å²) in [6.45, 7) is 3.20. The summed E-state index contributed by atoms with van der Waals surface area (Å²) < 4.78 is 5.41. The standard InChI is InChI=1S/C15H17N3O3/c1-2-8-21-14-7-6-11(10-17-14)9-16-13-5-3-4-12(18-13)15(19)20/h3-7,10H,2,8-9H2,1H3,(H,16,18)(H,19,20). The van der Waals surface area contributed by atoms with E-state index >= 15 is 0 Å². The van der Waals surface area contributed by atoms with E-state index in [0.717, 1.165) is 12.0 Å². The van der Waals surface area contributed by atoms with Gasteiger partial charge in [0.2, 0.25) is 5.88 Å². The minimum Gasteiger partial charge on any atom is -0.478 e. The van der Waals surface area contributed by atoms with Crippen LogP contribution in [0.1, 0.15) is 29.4 Å². The number of nitrogens with one attached hydrogen (secondary N) is 1. The summed E-state index contributed by atoms with van der Waals surface area (Å²) in [4.78, 5) is 19.0. The van der Waals surface area contributed by atoms with Crippen molar-refractivity contribution in [2.45, 2.75) is 19.9 Å². The Bertz CT molecular complexity index is 599. The smallest absolute Gasteiger partial charge is 0.354 e. The maximum atomic E-state index is 10.8. The fourth-order valence-electron chi connectivity index (χ4n) is 1.65. The molecule has 0 aliphatic heterocycles. The molecule has 0 unspecified atom stereocenters. The van der Waals surface area contributed by atoms with Crippen LogP contribution in [0, 0.1) is 0 Å². The van der Waals surface area contributed by atoms with Crippen LogP contribution in [-0.2, 0) is 6.54 Å². The molecule has 21 heavy (non-hydrogen) atoms. The first kappa shape index (κ1) is 14.8. The minimum atomic E-state index is -1.04. The van der Waals surface area contributed by atoms with E-state index < -0.39 is 5.97 Å². The average Bonchev–Trinajstić information content (AvgIpc) is 2.52. The van der Waals surface area contributed by atoms with E-state index in [1.54, 1.807) is 18.3 Å². The van der Waals surface area contributed by atoms with Gasteiger partial charge in [0, 0.05) is 18.8 Å². The zero-order chi connectivity index (χ0) is 15.1. The van der Waals surface area contributed by atoms with E-state index in [0.29, 0.717) is 24.8 Å². The zero-order valence-corrected chi connectivity index (χ0v) is 11.7. The summed E-state index contributed by atoms with van der Waals surface area (Å²) in [5, 5.41) is 11.9. The lowest BCUT2D eigenvalue weighted by atomic mass is 10.3. The van der Waals surface area contributed by atoms with Gasteiger partial charge in [-0.1, -0.05) is 19.1 Å². The number of anilines is 1. The molecule has 0 fully saturated rings. The number of rotatable bonds is 7. The molecule has 0 bridgehead atoms. The Hall–Kier alpha value is -2.63. The van der Waals surface area contributed by atoms with Crippen LogP contribution in [0.2, 0.25) is 0 Å². The first-order valence-corrected chi connectivity index (χ1v) is 6.71. The second-order valence-electron chi connectivity index (χ2n) is 4.42. The highest BCUT2D eigenvalue weighted by molar-refractivity contribution is 5.85. The van der Waals surface area contributed by atoms with E-state index in [4.69, 9.17) is 9.84 Å². The Morgan fingerprint density at radius 3 is 2.86 bits per heavy atom. The molecule has 0 aliphatic carbocycles. The number of hydrogen-bond donors (Lipinski definition) is 2. The van der Waals surface area contributed by atoms with E-state index in [1.807, 2.05) is 19.1 Å². The molecule has 0 saturated carbocycles. The first-order valence-electron chi connectivity index (χ1n) is 6.71. The normalized spacial score (nSPS) is 10.1. The molecule has 2 aromatic heterocycles. The van der Waals surface area contributed by atoms with Crippen molar-refractivity contribution >= 4 is 11.8 Å². The number of nitrogens with zero attached hydrogens (tertiary/aromatic N) is 2.